The molecule has 3 rings (SSSR count). The second-order valence-electron chi connectivity index (χ2n) is 6.51. The van der Waals surface area contributed by atoms with Crippen LogP contribution in [0.15, 0.2) is 0 Å². The quantitative estimate of drug-likeness (QED) is 0.654. The van der Waals surface area contributed by atoms with Gasteiger partial charge in [-0.05, 0) is 67.8 Å². The molecule has 104 valence electrons. The van der Waals surface area contributed by atoms with Crippen molar-refractivity contribution < 1.29 is 4.74 Å². The summed E-state index contributed by atoms with van der Waals surface area (Å²) >= 11 is 5.97. The zero-order valence-electron chi connectivity index (χ0n) is 11.4. The molecule has 4 atom stereocenters. The van der Waals surface area contributed by atoms with Gasteiger partial charge in [0.2, 0.25) is 0 Å². The van der Waals surface area contributed by atoms with E-state index in [1.807, 2.05) is 0 Å². The predicted octanol–water partition coefficient (Wildman–Crippen LogP) is 4.49. The van der Waals surface area contributed by atoms with Gasteiger partial charge < -0.3 is 4.74 Å². The van der Waals surface area contributed by atoms with Gasteiger partial charge >= 0.3 is 0 Å². The van der Waals surface area contributed by atoms with E-state index in [2.05, 4.69) is 34.6 Å². The van der Waals surface area contributed by atoms with Crippen molar-refractivity contribution in [2.75, 3.05) is 18.1 Å². The monoisotopic (exact) mass is 332 g/mol. The largest absolute Gasteiger partial charge is 0.375 e. The number of hydrogen-bond donors (Lipinski definition) is 0. The summed E-state index contributed by atoms with van der Waals surface area (Å²) in [5.41, 5.74) is 0.276. The molecule has 18 heavy (non-hydrogen) atoms. The molecule has 1 spiro atoms. The SMILES string of the molecule is CC1C(Br)CCC1C1CCOC2(CCSCC2)C1. The van der Waals surface area contributed by atoms with Crippen molar-refractivity contribution >= 4 is 27.7 Å². The Labute approximate surface area is 124 Å². The number of ether oxygens (including phenoxy) is 1. The third-order valence-corrected chi connectivity index (χ3v) is 7.84. The third-order valence-electron chi connectivity index (χ3n) is 5.56. The summed E-state index contributed by atoms with van der Waals surface area (Å²) in [6, 6.07) is 0. The molecule has 3 fully saturated rings. The van der Waals surface area contributed by atoms with Gasteiger partial charge in [0.1, 0.15) is 0 Å². The highest BCUT2D eigenvalue weighted by Crippen LogP contribution is 2.48. The molecular weight excluding hydrogens is 308 g/mol. The van der Waals surface area contributed by atoms with Gasteiger partial charge in [0.05, 0.1) is 5.60 Å². The van der Waals surface area contributed by atoms with E-state index in [0.717, 1.165) is 29.2 Å². The lowest BCUT2D eigenvalue weighted by Crippen LogP contribution is -2.44. The van der Waals surface area contributed by atoms with Gasteiger partial charge in [0, 0.05) is 11.4 Å². The normalized spacial score (nSPS) is 44.3. The van der Waals surface area contributed by atoms with Crippen molar-refractivity contribution in [3.8, 4) is 0 Å². The molecule has 2 saturated heterocycles. The van der Waals surface area contributed by atoms with Gasteiger partial charge in [-0.3, -0.25) is 0 Å². The molecule has 0 aromatic heterocycles. The molecule has 1 nitrogen and oxygen atoms in total. The van der Waals surface area contributed by atoms with E-state index in [0.29, 0.717) is 0 Å². The second-order valence-corrected chi connectivity index (χ2v) is 8.91. The smallest absolute Gasteiger partial charge is 0.0701 e. The van der Waals surface area contributed by atoms with E-state index in [-0.39, 0.29) is 5.60 Å². The van der Waals surface area contributed by atoms with E-state index in [9.17, 15) is 0 Å². The first kappa shape index (κ1) is 13.8. The van der Waals surface area contributed by atoms with Crippen LogP contribution >= 0.6 is 27.7 Å². The van der Waals surface area contributed by atoms with Gasteiger partial charge in [-0.15, -0.1) is 0 Å². The lowest BCUT2D eigenvalue weighted by molar-refractivity contribution is -0.112. The Morgan fingerprint density at radius 3 is 2.61 bits per heavy atom. The molecule has 0 aromatic carbocycles. The van der Waals surface area contributed by atoms with E-state index in [1.54, 1.807) is 0 Å². The van der Waals surface area contributed by atoms with Crippen LogP contribution in [0.5, 0.6) is 0 Å². The lowest BCUT2D eigenvalue weighted by atomic mass is 9.73. The maximum absolute atomic E-state index is 6.23. The maximum atomic E-state index is 6.23. The first-order chi connectivity index (χ1) is 8.70. The average molecular weight is 333 g/mol. The summed E-state index contributed by atoms with van der Waals surface area (Å²) in [5.74, 6) is 5.37. The molecule has 0 amide bonds. The number of thioether (sulfide) groups is 1. The molecule has 0 aromatic rings. The second kappa shape index (κ2) is 5.65. The Kier molecular flexibility index (Phi) is 4.32. The molecule has 0 radical (unpaired) electrons. The minimum Gasteiger partial charge on any atom is -0.375 e. The fraction of sp³-hybridized carbons (Fsp3) is 1.00. The summed E-state index contributed by atoms with van der Waals surface area (Å²) in [6.07, 6.45) is 8.07. The van der Waals surface area contributed by atoms with Crippen LogP contribution < -0.4 is 0 Å². The third kappa shape index (κ3) is 2.64. The predicted molar refractivity (Wildman–Crippen MR) is 82.6 cm³/mol. The summed E-state index contributed by atoms with van der Waals surface area (Å²) in [5, 5.41) is 0. The minimum absolute atomic E-state index is 0.276. The van der Waals surface area contributed by atoms with Crippen molar-refractivity contribution in [3.05, 3.63) is 0 Å². The molecule has 0 N–H and O–H groups in total. The van der Waals surface area contributed by atoms with E-state index in [1.165, 1.54) is 50.0 Å². The van der Waals surface area contributed by atoms with Gasteiger partial charge in [-0.25, -0.2) is 0 Å². The Balaban J connectivity index is 1.66. The van der Waals surface area contributed by atoms with Crippen LogP contribution in [0.2, 0.25) is 0 Å². The maximum Gasteiger partial charge on any atom is 0.0701 e. The summed E-state index contributed by atoms with van der Waals surface area (Å²) in [4.78, 5) is 0.767. The molecular formula is C15H25BrOS. The van der Waals surface area contributed by atoms with Crippen molar-refractivity contribution in [1.29, 1.82) is 0 Å². The number of halogens is 1. The van der Waals surface area contributed by atoms with Gasteiger partial charge in [-0.1, -0.05) is 22.9 Å². The molecule has 0 bridgehead atoms. The molecule has 3 heteroatoms. The molecule has 4 unspecified atom stereocenters. The van der Waals surface area contributed by atoms with Crippen LogP contribution in [-0.4, -0.2) is 28.5 Å². The molecule has 2 aliphatic heterocycles. The Morgan fingerprint density at radius 2 is 1.94 bits per heavy atom. The van der Waals surface area contributed by atoms with Crippen molar-refractivity contribution in [2.45, 2.75) is 55.9 Å². The van der Waals surface area contributed by atoms with Crippen molar-refractivity contribution in [3.63, 3.8) is 0 Å². The van der Waals surface area contributed by atoms with E-state index < -0.39 is 0 Å². The fourth-order valence-corrected chi connectivity index (χ4v) is 6.23. The van der Waals surface area contributed by atoms with Gasteiger partial charge in [0.25, 0.3) is 0 Å². The highest BCUT2D eigenvalue weighted by Gasteiger charge is 2.44. The Morgan fingerprint density at radius 1 is 1.17 bits per heavy atom. The Hall–Kier alpha value is 0.790. The van der Waals surface area contributed by atoms with Crippen molar-refractivity contribution in [2.24, 2.45) is 17.8 Å². The highest BCUT2D eigenvalue weighted by atomic mass is 79.9. The first-order valence-electron chi connectivity index (χ1n) is 7.56. The summed E-state index contributed by atoms with van der Waals surface area (Å²) < 4.78 is 6.23. The minimum atomic E-state index is 0.276. The van der Waals surface area contributed by atoms with E-state index in [4.69, 9.17) is 4.74 Å². The fourth-order valence-electron chi connectivity index (χ4n) is 4.33. The molecule has 1 saturated carbocycles. The lowest BCUT2D eigenvalue weighted by Gasteiger charge is -2.45. The molecule has 1 aliphatic carbocycles. The average Bonchev–Trinajstić information content (AvgIpc) is 2.71. The van der Waals surface area contributed by atoms with Gasteiger partial charge in [-0.2, -0.15) is 11.8 Å². The van der Waals surface area contributed by atoms with Crippen LogP contribution in [0.4, 0.5) is 0 Å². The van der Waals surface area contributed by atoms with Crippen LogP contribution in [0, 0.1) is 17.8 Å². The summed E-state index contributed by atoms with van der Waals surface area (Å²) in [7, 11) is 0. The highest BCUT2D eigenvalue weighted by molar-refractivity contribution is 9.09. The standard InChI is InChI=1S/C15H25BrOS/c1-11-13(2-3-14(11)16)12-4-7-17-15(10-12)5-8-18-9-6-15/h11-14H,2-10H2,1H3. The number of alkyl halides is 1. The summed E-state index contributed by atoms with van der Waals surface area (Å²) in [6.45, 7) is 3.47. The van der Waals surface area contributed by atoms with Crippen LogP contribution in [0.3, 0.4) is 0 Å². The van der Waals surface area contributed by atoms with Crippen LogP contribution in [0.25, 0.3) is 0 Å². The Bertz CT molecular complexity index is 285. The topological polar surface area (TPSA) is 9.23 Å². The zero-order chi connectivity index (χ0) is 12.6. The van der Waals surface area contributed by atoms with Crippen LogP contribution in [-0.2, 0) is 4.74 Å². The molecule has 2 heterocycles. The number of rotatable bonds is 1. The first-order valence-corrected chi connectivity index (χ1v) is 9.63. The van der Waals surface area contributed by atoms with E-state index >= 15 is 0 Å². The zero-order valence-corrected chi connectivity index (χ0v) is 13.8. The van der Waals surface area contributed by atoms with Crippen LogP contribution in [0.1, 0.15) is 45.4 Å². The van der Waals surface area contributed by atoms with Gasteiger partial charge in [0.15, 0.2) is 0 Å². The van der Waals surface area contributed by atoms with Crippen molar-refractivity contribution in [1.82, 2.24) is 0 Å². The molecule has 3 aliphatic rings. The number of hydrogen-bond acceptors (Lipinski definition) is 2.